The average molecular weight is 145 g/mol. The number of hydrogen-bond donors (Lipinski definition) is 1. The second-order valence-electron chi connectivity index (χ2n) is 1.58. The first kappa shape index (κ1) is 6.88. The molecule has 0 unspecified atom stereocenters. The van der Waals surface area contributed by atoms with Gasteiger partial charge in [0, 0.05) is 7.05 Å². The van der Waals surface area contributed by atoms with Crippen LogP contribution < -0.4 is 5.32 Å². The predicted octanol–water partition coefficient (Wildman–Crippen LogP) is 0.146. The number of rotatable bonds is 1. The summed E-state index contributed by atoms with van der Waals surface area (Å²) in [6, 6.07) is 0. The highest BCUT2D eigenvalue weighted by Crippen LogP contribution is 2.06. The Kier molecular flexibility index (Phi) is 2.11. The van der Waals surface area contributed by atoms with Crippen molar-refractivity contribution < 1.29 is 19.3 Å². The maximum absolute atomic E-state index is 10.5. The van der Waals surface area contributed by atoms with Crippen LogP contribution in [0.5, 0.6) is 0 Å². The molecule has 0 saturated carbocycles. The molecule has 0 aliphatic carbocycles. The van der Waals surface area contributed by atoms with Crippen LogP contribution >= 0.6 is 0 Å². The molecule has 10 heavy (non-hydrogen) atoms. The van der Waals surface area contributed by atoms with Gasteiger partial charge < -0.3 is 14.9 Å². The van der Waals surface area contributed by atoms with Crippen LogP contribution in [0.3, 0.4) is 0 Å². The number of ether oxygens (including phenoxy) is 1. The standard InChI is InChI=1S/C5H7NO4/c1-6-5(7)10-4-2-8-9-3-4/h2H,3H2,1H3,(H,6,7). The number of carbonyl (C=O) groups excluding carboxylic acids is 1. The molecule has 5 heteroatoms. The van der Waals surface area contributed by atoms with Gasteiger partial charge >= 0.3 is 6.09 Å². The first-order valence-corrected chi connectivity index (χ1v) is 2.70. The molecule has 0 fully saturated rings. The Morgan fingerprint density at radius 1 is 1.90 bits per heavy atom. The minimum Gasteiger partial charge on any atom is -0.409 e. The van der Waals surface area contributed by atoms with Crippen LogP contribution in [0.15, 0.2) is 12.0 Å². The summed E-state index contributed by atoms with van der Waals surface area (Å²) in [5, 5.41) is 2.28. The molecule has 1 rings (SSSR count). The Bertz CT molecular complexity index is 165. The van der Waals surface area contributed by atoms with Crippen LogP contribution in [0.2, 0.25) is 0 Å². The summed E-state index contributed by atoms with van der Waals surface area (Å²) in [6.45, 7) is 0.174. The van der Waals surface area contributed by atoms with Gasteiger partial charge in [0.25, 0.3) is 0 Å². The fourth-order valence-electron chi connectivity index (χ4n) is 0.437. The molecule has 0 atom stereocenters. The molecule has 1 amide bonds. The van der Waals surface area contributed by atoms with E-state index < -0.39 is 6.09 Å². The minimum absolute atomic E-state index is 0.174. The second-order valence-corrected chi connectivity index (χ2v) is 1.58. The van der Waals surface area contributed by atoms with E-state index in [4.69, 9.17) is 0 Å². The summed E-state index contributed by atoms with van der Waals surface area (Å²) in [4.78, 5) is 19.2. The lowest BCUT2D eigenvalue weighted by Gasteiger charge is -1.98. The third-order valence-electron chi connectivity index (χ3n) is 0.877. The number of carbonyl (C=O) groups is 1. The van der Waals surface area contributed by atoms with Crippen molar-refractivity contribution in [3.05, 3.63) is 12.0 Å². The van der Waals surface area contributed by atoms with Gasteiger partial charge in [0.1, 0.15) is 0 Å². The fourth-order valence-corrected chi connectivity index (χ4v) is 0.437. The van der Waals surface area contributed by atoms with Crippen molar-refractivity contribution in [3.63, 3.8) is 0 Å². The molecule has 0 aromatic carbocycles. The molecule has 5 nitrogen and oxygen atoms in total. The molecule has 0 spiro atoms. The summed E-state index contributed by atoms with van der Waals surface area (Å²) in [7, 11) is 1.47. The summed E-state index contributed by atoms with van der Waals surface area (Å²) < 4.78 is 4.62. The first-order valence-electron chi connectivity index (χ1n) is 2.70. The van der Waals surface area contributed by atoms with E-state index in [0.717, 1.165) is 0 Å². The Balaban J connectivity index is 2.30. The van der Waals surface area contributed by atoms with Gasteiger partial charge in [0.05, 0.1) is 0 Å². The highest BCUT2D eigenvalue weighted by molar-refractivity contribution is 5.67. The molecule has 1 aliphatic heterocycles. The van der Waals surface area contributed by atoms with Crippen molar-refractivity contribution >= 4 is 6.09 Å². The largest absolute Gasteiger partial charge is 0.412 e. The molecule has 0 aromatic rings. The number of amides is 1. The highest BCUT2D eigenvalue weighted by atomic mass is 17.2. The predicted molar refractivity (Wildman–Crippen MR) is 30.7 cm³/mol. The topological polar surface area (TPSA) is 56.8 Å². The van der Waals surface area contributed by atoms with Gasteiger partial charge in [-0.15, -0.1) is 0 Å². The van der Waals surface area contributed by atoms with Crippen molar-refractivity contribution in [2.45, 2.75) is 0 Å². The molecule has 0 saturated heterocycles. The molecule has 1 aliphatic rings. The Labute approximate surface area is 57.5 Å². The monoisotopic (exact) mass is 145 g/mol. The summed E-state index contributed by atoms with van der Waals surface area (Å²) in [5.74, 6) is 0.361. The van der Waals surface area contributed by atoms with E-state index in [1.165, 1.54) is 13.3 Å². The quantitative estimate of drug-likeness (QED) is 0.533. The van der Waals surface area contributed by atoms with Crippen LogP contribution in [-0.2, 0) is 14.5 Å². The van der Waals surface area contributed by atoms with Crippen LogP contribution in [-0.4, -0.2) is 19.7 Å². The Morgan fingerprint density at radius 2 is 2.70 bits per heavy atom. The van der Waals surface area contributed by atoms with Crippen molar-refractivity contribution in [1.29, 1.82) is 0 Å². The van der Waals surface area contributed by atoms with Crippen molar-refractivity contribution in [3.8, 4) is 0 Å². The second kappa shape index (κ2) is 3.07. The summed E-state index contributed by atoms with van der Waals surface area (Å²) in [6.07, 6.45) is 0.704. The highest BCUT2D eigenvalue weighted by Gasteiger charge is 2.11. The number of nitrogens with one attached hydrogen (secondary N) is 1. The molecule has 0 bridgehead atoms. The average Bonchev–Trinajstić information content (AvgIpc) is 2.40. The van der Waals surface area contributed by atoms with E-state index in [1.807, 2.05) is 0 Å². The maximum Gasteiger partial charge on any atom is 0.412 e. The molecular formula is C5H7NO4. The van der Waals surface area contributed by atoms with Gasteiger partial charge in [0.15, 0.2) is 18.6 Å². The van der Waals surface area contributed by atoms with Gasteiger partial charge in [-0.1, -0.05) is 0 Å². The lowest BCUT2D eigenvalue weighted by atomic mass is 10.6. The SMILES string of the molecule is CNC(=O)OC1=COOC1. The van der Waals surface area contributed by atoms with Crippen molar-refractivity contribution in [2.24, 2.45) is 0 Å². The van der Waals surface area contributed by atoms with Crippen molar-refractivity contribution in [2.75, 3.05) is 13.7 Å². The zero-order chi connectivity index (χ0) is 7.40. The third-order valence-corrected chi connectivity index (χ3v) is 0.877. The maximum atomic E-state index is 10.5. The number of alkyl carbamates (subject to hydrolysis) is 1. The van der Waals surface area contributed by atoms with Crippen LogP contribution in [0, 0.1) is 0 Å². The fraction of sp³-hybridized carbons (Fsp3) is 0.400. The van der Waals surface area contributed by atoms with E-state index in [9.17, 15) is 4.79 Å². The van der Waals surface area contributed by atoms with E-state index in [0.29, 0.717) is 5.76 Å². The van der Waals surface area contributed by atoms with Gasteiger partial charge in [-0.25, -0.2) is 4.79 Å². The molecule has 0 aromatic heterocycles. The van der Waals surface area contributed by atoms with Gasteiger partial charge in [-0.2, -0.15) is 4.89 Å². The minimum atomic E-state index is -0.527. The lowest BCUT2D eigenvalue weighted by molar-refractivity contribution is -0.222. The van der Waals surface area contributed by atoms with E-state index in [2.05, 4.69) is 19.8 Å². The summed E-state index contributed by atoms with van der Waals surface area (Å²) >= 11 is 0. The smallest absolute Gasteiger partial charge is 0.409 e. The molecule has 1 N–H and O–H groups in total. The van der Waals surface area contributed by atoms with E-state index in [1.54, 1.807) is 0 Å². The Morgan fingerprint density at radius 3 is 3.20 bits per heavy atom. The van der Waals surface area contributed by atoms with Crippen molar-refractivity contribution in [1.82, 2.24) is 5.32 Å². The third kappa shape index (κ3) is 1.63. The van der Waals surface area contributed by atoms with Gasteiger partial charge in [-0.3, -0.25) is 0 Å². The first-order chi connectivity index (χ1) is 4.83. The van der Waals surface area contributed by atoms with E-state index >= 15 is 0 Å². The number of hydrogen-bond acceptors (Lipinski definition) is 4. The molecular weight excluding hydrogens is 138 g/mol. The zero-order valence-corrected chi connectivity index (χ0v) is 5.42. The summed E-state index contributed by atoms with van der Waals surface area (Å²) in [5.41, 5.74) is 0. The normalized spacial score (nSPS) is 15.5. The van der Waals surface area contributed by atoms with Gasteiger partial charge in [-0.05, 0) is 0 Å². The van der Waals surface area contributed by atoms with Crippen LogP contribution in [0.4, 0.5) is 4.79 Å². The molecule has 56 valence electrons. The van der Waals surface area contributed by atoms with Gasteiger partial charge in [0.2, 0.25) is 0 Å². The lowest BCUT2D eigenvalue weighted by Crippen LogP contribution is -2.19. The zero-order valence-electron chi connectivity index (χ0n) is 5.42. The molecule has 0 radical (unpaired) electrons. The Hall–Kier alpha value is -1.23. The van der Waals surface area contributed by atoms with Crippen LogP contribution in [0.1, 0.15) is 0 Å². The van der Waals surface area contributed by atoms with Crippen LogP contribution in [0.25, 0.3) is 0 Å². The molecule has 1 heterocycles. The van der Waals surface area contributed by atoms with E-state index in [-0.39, 0.29) is 6.61 Å².